The average molecular weight is 349 g/mol. The van der Waals surface area contributed by atoms with Crippen LogP contribution in [0, 0.1) is 24.7 Å². The van der Waals surface area contributed by atoms with Crippen LogP contribution in [0.3, 0.4) is 0 Å². The summed E-state index contributed by atoms with van der Waals surface area (Å²) in [6.45, 7) is 5.23. The van der Waals surface area contributed by atoms with Gasteiger partial charge in [0.2, 0.25) is 0 Å². The smallest absolute Gasteiger partial charge is 0.298 e. The lowest BCUT2D eigenvalue weighted by Gasteiger charge is -2.30. The zero-order chi connectivity index (χ0) is 18.4. The predicted octanol–water partition coefficient (Wildman–Crippen LogP) is 2.73. The molecule has 2 aromatic heterocycles. The first-order valence-corrected chi connectivity index (χ1v) is 8.87. The fourth-order valence-corrected chi connectivity index (χ4v) is 3.08. The molecule has 1 amide bonds. The van der Waals surface area contributed by atoms with Crippen LogP contribution in [-0.2, 0) is 11.2 Å². The van der Waals surface area contributed by atoms with Gasteiger partial charge in [-0.2, -0.15) is 0 Å². The minimum Gasteiger partial charge on any atom is -0.332 e. The number of likely N-dealkylation sites (tertiary alicyclic amines) is 1. The van der Waals surface area contributed by atoms with E-state index in [2.05, 4.69) is 32.1 Å². The van der Waals surface area contributed by atoms with Gasteiger partial charge in [-0.3, -0.25) is 9.78 Å². The number of nitrogens with one attached hydrogen (secondary N) is 1. The van der Waals surface area contributed by atoms with Crippen LogP contribution < -0.4 is 5.32 Å². The highest BCUT2D eigenvalue weighted by Gasteiger charge is 2.22. The number of aryl methyl sites for hydroxylation is 1. The molecule has 134 valence electrons. The van der Waals surface area contributed by atoms with E-state index >= 15 is 0 Å². The first kappa shape index (κ1) is 17.9. The molecule has 0 unspecified atom stereocenters. The number of nitrogens with zero attached hydrogens (tertiary/aromatic N) is 4. The molecule has 26 heavy (non-hydrogen) atoms. The SMILES string of the molecule is CC#CC(=O)N1CCC(Cc2cnc(Nc3ncccc3C)cn2)CC1. The van der Waals surface area contributed by atoms with Gasteiger partial charge in [-0.25, -0.2) is 9.97 Å². The summed E-state index contributed by atoms with van der Waals surface area (Å²) < 4.78 is 0. The molecule has 1 fully saturated rings. The highest BCUT2D eigenvalue weighted by atomic mass is 16.2. The summed E-state index contributed by atoms with van der Waals surface area (Å²) in [4.78, 5) is 26.9. The monoisotopic (exact) mass is 349 g/mol. The summed E-state index contributed by atoms with van der Waals surface area (Å²) in [7, 11) is 0. The van der Waals surface area contributed by atoms with Gasteiger partial charge in [0.25, 0.3) is 5.91 Å². The Morgan fingerprint density at radius 2 is 2.08 bits per heavy atom. The number of carbonyl (C=O) groups excluding carboxylic acids is 1. The third kappa shape index (κ3) is 4.57. The Kier molecular flexibility index (Phi) is 5.80. The van der Waals surface area contributed by atoms with Crippen molar-refractivity contribution in [3.63, 3.8) is 0 Å². The van der Waals surface area contributed by atoms with Gasteiger partial charge in [0, 0.05) is 19.3 Å². The Morgan fingerprint density at radius 3 is 2.73 bits per heavy atom. The number of anilines is 2. The molecule has 0 saturated carbocycles. The van der Waals surface area contributed by atoms with Gasteiger partial charge < -0.3 is 10.2 Å². The van der Waals surface area contributed by atoms with Crippen LogP contribution in [0.2, 0.25) is 0 Å². The van der Waals surface area contributed by atoms with Crippen LogP contribution in [0.1, 0.15) is 31.0 Å². The Hall–Kier alpha value is -2.94. The lowest BCUT2D eigenvalue weighted by Crippen LogP contribution is -2.38. The van der Waals surface area contributed by atoms with Crippen molar-refractivity contribution < 1.29 is 4.79 Å². The van der Waals surface area contributed by atoms with E-state index in [9.17, 15) is 4.79 Å². The molecule has 1 saturated heterocycles. The molecule has 0 atom stereocenters. The molecule has 3 heterocycles. The first-order chi connectivity index (χ1) is 12.7. The first-order valence-electron chi connectivity index (χ1n) is 8.87. The van der Waals surface area contributed by atoms with E-state index in [-0.39, 0.29) is 5.91 Å². The van der Waals surface area contributed by atoms with Crippen LogP contribution in [0.4, 0.5) is 11.6 Å². The molecule has 6 nitrogen and oxygen atoms in total. The van der Waals surface area contributed by atoms with Gasteiger partial charge in [0.15, 0.2) is 0 Å². The number of rotatable bonds is 4. The fraction of sp³-hybridized carbons (Fsp3) is 0.400. The van der Waals surface area contributed by atoms with Crippen LogP contribution in [-0.4, -0.2) is 38.8 Å². The van der Waals surface area contributed by atoms with Gasteiger partial charge in [-0.15, -0.1) is 0 Å². The van der Waals surface area contributed by atoms with Gasteiger partial charge in [0.1, 0.15) is 11.6 Å². The maximum Gasteiger partial charge on any atom is 0.298 e. The van der Waals surface area contributed by atoms with Gasteiger partial charge in [0.05, 0.1) is 18.1 Å². The van der Waals surface area contributed by atoms with Crippen LogP contribution >= 0.6 is 0 Å². The molecule has 3 rings (SSSR count). The molecule has 1 N–H and O–H groups in total. The molecule has 0 aromatic carbocycles. The number of pyridine rings is 1. The number of piperidine rings is 1. The van der Waals surface area contributed by atoms with Crippen LogP contribution in [0.5, 0.6) is 0 Å². The Labute approximate surface area is 154 Å². The maximum absolute atomic E-state index is 11.8. The van der Waals surface area contributed by atoms with E-state index in [0.29, 0.717) is 11.7 Å². The van der Waals surface area contributed by atoms with Crippen molar-refractivity contribution in [1.29, 1.82) is 0 Å². The number of amides is 1. The number of hydrogen-bond acceptors (Lipinski definition) is 5. The third-order valence-electron chi connectivity index (χ3n) is 4.59. The van der Waals surface area contributed by atoms with E-state index in [1.807, 2.05) is 30.2 Å². The van der Waals surface area contributed by atoms with E-state index in [1.54, 1.807) is 19.3 Å². The molecule has 1 aliphatic heterocycles. The molecule has 1 aliphatic rings. The zero-order valence-corrected chi connectivity index (χ0v) is 15.2. The average Bonchev–Trinajstić information content (AvgIpc) is 2.66. The number of carbonyl (C=O) groups is 1. The highest BCUT2D eigenvalue weighted by molar-refractivity contribution is 5.93. The molecular weight excluding hydrogens is 326 g/mol. The summed E-state index contributed by atoms with van der Waals surface area (Å²) in [5.41, 5.74) is 2.04. The molecule has 0 aliphatic carbocycles. The molecule has 0 radical (unpaired) electrons. The second-order valence-electron chi connectivity index (χ2n) is 6.50. The van der Waals surface area contributed by atoms with Crippen LogP contribution in [0.25, 0.3) is 0 Å². The molecular formula is C20H23N5O. The lowest BCUT2D eigenvalue weighted by atomic mass is 9.92. The molecule has 2 aromatic rings. The van der Waals surface area contributed by atoms with E-state index < -0.39 is 0 Å². The Bertz CT molecular complexity index is 814. The highest BCUT2D eigenvalue weighted by Crippen LogP contribution is 2.21. The van der Waals surface area contributed by atoms with Crippen molar-refractivity contribution in [1.82, 2.24) is 19.9 Å². The van der Waals surface area contributed by atoms with E-state index in [0.717, 1.165) is 49.4 Å². The standard InChI is InChI=1S/C20H23N5O/c1-3-5-19(26)25-10-7-16(8-11-25)12-17-13-23-18(14-22-17)24-20-15(2)6-4-9-21-20/h4,6,9,13-14,16H,7-8,10-12H2,1-2H3,(H,21,23,24). The zero-order valence-electron chi connectivity index (χ0n) is 15.2. The lowest BCUT2D eigenvalue weighted by molar-refractivity contribution is -0.126. The van der Waals surface area contributed by atoms with E-state index in [4.69, 9.17) is 0 Å². The largest absolute Gasteiger partial charge is 0.332 e. The van der Waals surface area contributed by atoms with Crippen molar-refractivity contribution in [3.05, 3.63) is 42.0 Å². The predicted molar refractivity (Wildman–Crippen MR) is 101 cm³/mol. The minimum atomic E-state index is -0.0639. The summed E-state index contributed by atoms with van der Waals surface area (Å²) in [5, 5.41) is 3.19. The topological polar surface area (TPSA) is 71.0 Å². The molecule has 6 heteroatoms. The van der Waals surface area contributed by atoms with Crippen molar-refractivity contribution in [2.75, 3.05) is 18.4 Å². The Morgan fingerprint density at radius 1 is 1.27 bits per heavy atom. The third-order valence-corrected chi connectivity index (χ3v) is 4.59. The van der Waals surface area contributed by atoms with Gasteiger partial charge >= 0.3 is 0 Å². The van der Waals surface area contributed by atoms with E-state index in [1.165, 1.54) is 0 Å². The molecule has 0 bridgehead atoms. The van der Waals surface area contributed by atoms with Gasteiger partial charge in [-0.1, -0.05) is 12.0 Å². The number of hydrogen-bond donors (Lipinski definition) is 1. The quantitative estimate of drug-likeness (QED) is 0.860. The summed E-state index contributed by atoms with van der Waals surface area (Å²) in [5.74, 6) is 7.23. The Balaban J connectivity index is 1.53. The molecule has 0 spiro atoms. The fourth-order valence-electron chi connectivity index (χ4n) is 3.08. The van der Waals surface area contributed by atoms with Crippen molar-refractivity contribution in [2.45, 2.75) is 33.1 Å². The summed E-state index contributed by atoms with van der Waals surface area (Å²) >= 11 is 0. The van der Waals surface area contributed by atoms with Crippen molar-refractivity contribution >= 4 is 17.5 Å². The van der Waals surface area contributed by atoms with Crippen molar-refractivity contribution in [3.8, 4) is 11.8 Å². The minimum absolute atomic E-state index is 0.0639. The normalized spacial score (nSPS) is 14.5. The second-order valence-corrected chi connectivity index (χ2v) is 6.50. The van der Waals surface area contributed by atoms with Crippen LogP contribution in [0.15, 0.2) is 30.7 Å². The van der Waals surface area contributed by atoms with Gasteiger partial charge in [-0.05, 0) is 56.6 Å². The summed E-state index contributed by atoms with van der Waals surface area (Å²) in [6, 6.07) is 3.91. The van der Waals surface area contributed by atoms with Crippen molar-refractivity contribution in [2.24, 2.45) is 5.92 Å². The summed E-state index contributed by atoms with van der Waals surface area (Å²) in [6.07, 6.45) is 8.16. The number of aromatic nitrogens is 3. The maximum atomic E-state index is 11.8. The second kappa shape index (κ2) is 8.43.